The Morgan fingerprint density at radius 2 is 1.76 bits per heavy atom. The van der Waals surface area contributed by atoms with E-state index in [0.29, 0.717) is 19.0 Å². The van der Waals surface area contributed by atoms with Crippen molar-refractivity contribution in [2.75, 3.05) is 23.4 Å². The van der Waals surface area contributed by atoms with Gasteiger partial charge in [-0.1, -0.05) is 29.8 Å². The zero-order valence-electron chi connectivity index (χ0n) is 18.3. The van der Waals surface area contributed by atoms with Crippen molar-refractivity contribution in [2.24, 2.45) is 0 Å². The highest BCUT2D eigenvalue weighted by atomic mass is 16.5. The van der Waals surface area contributed by atoms with Gasteiger partial charge in [0.1, 0.15) is 6.54 Å². The smallest absolute Gasteiger partial charge is 0.340 e. The van der Waals surface area contributed by atoms with Crippen LogP contribution in [0.15, 0.2) is 58.1 Å². The molecule has 1 aliphatic rings. The van der Waals surface area contributed by atoms with Crippen molar-refractivity contribution in [3.8, 4) is 0 Å². The fourth-order valence-electron chi connectivity index (χ4n) is 3.61. The number of carbonyl (C=O) groups is 2. The number of nitrogens with zero attached hydrogens (tertiary/aromatic N) is 4. The molecule has 0 unspecified atom stereocenters. The summed E-state index contributed by atoms with van der Waals surface area (Å²) in [6.07, 6.45) is 0. The highest BCUT2D eigenvalue weighted by Crippen LogP contribution is 2.26. The van der Waals surface area contributed by atoms with Crippen LogP contribution in [0.2, 0.25) is 0 Å². The summed E-state index contributed by atoms with van der Waals surface area (Å²) < 4.78 is 7.17. The number of hydrogen-bond donors (Lipinski definition) is 1. The molecule has 0 atom stereocenters. The van der Waals surface area contributed by atoms with Gasteiger partial charge in [-0.15, -0.1) is 5.10 Å². The number of aromatic nitrogens is 3. The molecule has 0 radical (unpaired) electrons. The standard InChI is InChI=1S/C23H23N5O5/c1-3-33-22(32)17-6-4-5-7-18(17)24-19(29)14-28-21(31)20(30)27-13-12-26(23(27)25-28)16-10-8-15(2)9-11-16/h4-11H,3,12-14H2,1-2H3,(H,24,29). The van der Waals surface area contributed by atoms with Crippen LogP contribution in [0.4, 0.5) is 17.3 Å². The van der Waals surface area contributed by atoms with Crippen LogP contribution >= 0.6 is 0 Å². The predicted molar refractivity (Wildman–Crippen MR) is 122 cm³/mol. The number of fused-ring (bicyclic) bond motifs is 1. The van der Waals surface area contributed by atoms with Crippen LogP contribution in [0.1, 0.15) is 22.8 Å². The lowest BCUT2D eigenvalue weighted by molar-refractivity contribution is -0.117. The average molecular weight is 449 g/mol. The molecule has 10 nitrogen and oxygen atoms in total. The molecule has 4 rings (SSSR count). The Hall–Kier alpha value is -4.21. The Morgan fingerprint density at radius 1 is 1.03 bits per heavy atom. The normalized spacial score (nSPS) is 12.4. The first-order valence-electron chi connectivity index (χ1n) is 10.5. The quantitative estimate of drug-likeness (QED) is 0.450. The van der Waals surface area contributed by atoms with Crippen LogP contribution in [-0.4, -0.2) is 39.4 Å². The third kappa shape index (κ3) is 4.40. The largest absolute Gasteiger partial charge is 0.462 e. The number of carbonyl (C=O) groups excluding carboxylic acids is 2. The Kier molecular flexibility index (Phi) is 6.07. The van der Waals surface area contributed by atoms with Gasteiger partial charge >= 0.3 is 17.1 Å². The second-order valence-corrected chi connectivity index (χ2v) is 7.52. The SMILES string of the molecule is CCOC(=O)c1ccccc1NC(=O)Cn1nc2n(c(=O)c1=O)CCN2c1ccc(C)cc1. The van der Waals surface area contributed by atoms with E-state index in [1.54, 1.807) is 25.1 Å². The van der Waals surface area contributed by atoms with E-state index in [9.17, 15) is 19.2 Å². The molecular formula is C23H23N5O5. The van der Waals surface area contributed by atoms with Crippen molar-refractivity contribution in [1.29, 1.82) is 0 Å². The molecule has 2 heterocycles. The average Bonchev–Trinajstić information content (AvgIpc) is 3.22. The van der Waals surface area contributed by atoms with Gasteiger partial charge in [0.25, 0.3) is 0 Å². The first kappa shape index (κ1) is 22.0. The van der Waals surface area contributed by atoms with Gasteiger partial charge in [-0.3, -0.25) is 19.0 Å². The van der Waals surface area contributed by atoms with E-state index < -0.39 is 29.5 Å². The number of para-hydroxylation sites is 1. The molecule has 0 saturated heterocycles. The number of aryl methyl sites for hydroxylation is 1. The van der Waals surface area contributed by atoms with E-state index in [0.717, 1.165) is 15.9 Å². The first-order chi connectivity index (χ1) is 15.9. The summed E-state index contributed by atoms with van der Waals surface area (Å²) in [5.74, 6) is -0.887. The molecule has 2 aromatic carbocycles. The molecule has 170 valence electrons. The van der Waals surface area contributed by atoms with Gasteiger partial charge in [-0.25, -0.2) is 9.48 Å². The predicted octanol–water partition coefficient (Wildman–Crippen LogP) is 1.68. The maximum Gasteiger partial charge on any atom is 0.340 e. The second-order valence-electron chi connectivity index (χ2n) is 7.52. The van der Waals surface area contributed by atoms with Crippen LogP contribution in [0.3, 0.4) is 0 Å². The molecule has 1 aliphatic heterocycles. The minimum Gasteiger partial charge on any atom is -0.462 e. The fourth-order valence-corrected chi connectivity index (χ4v) is 3.61. The zero-order valence-corrected chi connectivity index (χ0v) is 18.3. The molecular weight excluding hydrogens is 426 g/mol. The number of benzene rings is 2. The summed E-state index contributed by atoms with van der Waals surface area (Å²) in [6.45, 7) is 4.17. The number of nitrogens with one attached hydrogen (secondary N) is 1. The molecule has 0 aliphatic carbocycles. The van der Waals surface area contributed by atoms with E-state index in [2.05, 4.69) is 10.4 Å². The summed E-state index contributed by atoms with van der Waals surface area (Å²) in [4.78, 5) is 51.8. The highest BCUT2D eigenvalue weighted by molar-refractivity contribution is 6.01. The molecule has 0 saturated carbocycles. The van der Waals surface area contributed by atoms with Gasteiger partial charge < -0.3 is 15.0 Å². The first-order valence-corrected chi connectivity index (χ1v) is 10.5. The van der Waals surface area contributed by atoms with Gasteiger partial charge in [0.05, 0.1) is 17.9 Å². The van der Waals surface area contributed by atoms with Gasteiger partial charge in [-0.2, -0.15) is 0 Å². The van der Waals surface area contributed by atoms with E-state index in [4.69, 9.17) is 4.74 Å². The molecule has 1 aromatic heterocycles. The molecule has 3 aromatic rings. The lowest BCUT2D eigenvalue weighted by atomic mass is 10.2. The highest BCUT2D eigenvalue weighted by Gasteiger charge is 2.26. The van der Waals surface area contributed by atoms with E-state index in [-0.39, 0.29) is 17.9 Å². The molecule has 0 fully saturated rings. The van der Waals surface area contributed by atoms with Gasteiger partial charge in [-0.05, 0) is 38.1 Å². The van der Waals surface area contributed by atoms with Crippen molar-refractivity contribution in [1.82, 2.24) is 14.3 Å². The van der Waals surface area contributed by atoms with Crippen molar-refractivity contribution >= 4 is 29.2 Å². The monoisotopic (exact) mass is 449 g/mol. The third-order valence-electron chi connectivity index (χ3n) is 5.24. The lowest BCUT2D eigenvalue weighted by Crippen LogP contribution is -2.44. The number of ether oxygens (including phenoxy) is 1. The summed E-state index contributed by atoms with van der Waals surface area (Å²) >= 11 is 0. The van der Waals surface area contributed by atoms with Gasteiger partial charge in [0.15, 0.2) is 0 Å². The molecule has 0 bridgehead atoms. The Labute approximate surface area is 189 Å². The lowest BCUT2D eigenvalue weighted by Gasteiger charge is -2.18. The molecule has 1 N–H and O–H groups in total. The molecule has 0 spiro atoms. The minimum atomic E-state index is -0.890. The van der Waals surface area contributed by atoms with E-state index in [1.165, 1.54) is 10.6 Å². The summed E-state index contributed by atoms with van der Waals surface area (Å²) in [7, 11) is 0. The van der Waals surface area contributed by atoms with Crippen LogP contribution in [0, 0.1) is 6.92 Å². The van der Waals surface area contributed by atoms with Crippen LogP contribution in [-0.2, 0) is 22.6 Å². The Morgan fingerprint density at radius 3 is 2.48 bits per heavy atom. The van der Waals surface area contributed by atoms with Crippen LogP contribution in [0.5, 0.6) is 0 Å². The minimum absolute atomic E-state index is 0.188. The fraction of sp³-hybridized carbons (Fsp3) is 0.261. The van der Waals surface area contributed by atoms with Gasteiger partial charge in [0.2, 0.25) is 11.9 Å². The Balaban J connectivity index is 1.61. The number of anilines is 3. The summed E-state index contributed by atoms with van der Waals surface area (Å²) in [5, 5.41) is 6.90. The summed E-state index contributed by atoms with van der Waals surface area (Å²) in [6, 6.07) is 14.1. The van der Waals surface area contributed by atoms with Crippen LogP contribution < -0.4 is 21.3 Å². The molecule has 10 heteroatoms. The van der Waals surface area contributed by atoms with E-state index in [1.807, 2.05) is 36.1 Å². The summed E-state index contributed by atoms with van der Waals surface area (Å²) in [5.41, 5.74) is 0.721. The van der Waals surface area contributed by atoms with Crippen LogP contribution in [0.25, 0.3) is 0 Å². The molecule has 33 heavy (non-hydrogen) atoms. The van der Waals surface area contributed by atoms with Crippen molar-refractivity contribution in [3.05, 3.63) is 80.4 Å². The number of hydrogen-bond acceptors (Lipinski definition) is 7. The molecule has 1 amide bonds. The number of esters is 1. The van der Waals surface area contributed by atoms with Crippen molar-refractivity contribution in [3.63, 3.8) is 0 Å². The zero-order chi connectivity index (χ0) is 23.5. The maximum atomic E-state index is 12.7. The van der Waals surface area contributed by atoms with E-state index >= 15 is 0 Å². The van der Waals surface area contributed by atoms with Crippen molar-refractivity contribution in [2.45, 2.75) is 26.9 Å². The number of rotatable bonds is 6. The number of amides is 1. The van der Waals surface area contributed by atoms with Crippen molar-refractivity contribution < 1.29 is 14.3 Å². The topological polar surface area (TPSA) is 116 Å². The Bertz CT molecular complexity index is 1330. The second kappa shape index (κ2) is 9.11. The maximum absolute atomic E-state index is 12.7. The van der Waals surface area contributed by atoms with Gasteiger partial charge in [0, 0.05) is 18.8 Å². The third-order valence-corrected chi connectivity index (χ3v) is 5.24.